The number of aromatic amines is 1. The predicted octanol–water partition coefficient (Wildman–Crippen LogP) is 0.974. The van der Waals surface area contributed by atoms with Gasteiger partial charge in [-0.15, -0.1) is 0 Å². The predicted molar refractivity (Wildman–Crippen MR) is 78.2 cm³/mol. The molecular formula is C13H13BN4O. The van der Waals surface area contributed by atoms with Gasteiger partial charge in [-0.1, -0.05) is 23.7 Å². The Labute approximate surface area is 111 Å². The lowest BCUT2D eigenvalue weighted by molar-refractivity contribution is 0.461. The lowest BCUT2D eigenvalue weighted by Crippen LogP contribution is -2.01. The van der Waals surface area contributed by atoms with Crippen LogP contribution in [0.2, 0.25) is 0 Å². The molecule has 5 nitrogen and oxygen atoms in total. The van der Waals surface area contributed by atoms with Crippen molar-refractivity contribution in [3.05, 3.63) is 36.0 Å². The molecule has 0 radical (unpaired) electrons. The van der Waals surface area contributed by atoms with Gasteiger partial charge in [0.25, 0.3) is 0 Å². The van der Waals surface area contributed by atoms with E-state index in [1.165, 1.54) is 0 Å². The molecule has 0 spiro atoms. The van der Waals surface area contributed by atoms with Crippen LogP contribution in [0.4, 0.5) is 11.6 Å². The molecule has 0 saturated heterocycles. The number of pyridine rings is 1. The van der Waals surface area contributed by atoms with Gasteiger partial charge in [0.05, 0.1) is 0 Å². The largest absolute Gasteiger partial charge is 0.493 e. The number of nitrogens with zero attached hydrogens (tertiary/aromatic N) is 2. The molecule has 6 heteroatoms. The molecule has 1 aromatic carbocycles. The molecular weight excluding hydrogens is 239 g/mol. The van der Waals surface area contributed by atoms with E-state index in [-0.39, 0.29) is 5.88 Å². The number of fused-ring (bicyclic) bond motifs is 1. The number of aryl methyl sites for hydroxylation is 1. The SMILES string of the molecule is Bc1ccc2cc(Nc3cc(C)[nH]n3)nc(O)c2c1. The van der Waals surface area contributed by atoms with Gasteiger partial charge in [0.1, 0.15) is 13.7 Å². The van der Waals surface area contributed by atoms with Crippen LogP contribution in [0, 0.1) is 6.92 Å². The van der Waals surface area contributed by atoms with Crippen LogP contribution >= 0.6 is 0 Å². The molecule has 0 aliphatic heterocycles. The molecule has 19 heavy (non-hydrogen) atoms. The highest BCUT2D eigenvalue weighted by Crippen LogP contribution is 2.25. The Kier molecular flexibility index (Phi) is 2.63. The Morgan fingerprint density at radius 2 is 2.05 bits per heavy atom. The molecule has 0 amide bonds. The van der Waals surface area contributed by atoms with Gasteiger partial charge in [0.2, 0.25) is 5.88 Å². The average molecular weight is 252 g/mol. The van der Waals surface area contributed by atoms with Crippen LogP contribution in [-0.4, -0.2) is 28.1 Å². The number of aromatic hydroxyl groups is 1. The van der Waals surface area contributed by atoms with Crippen molar-refractivity contribution in [1.82, 2.24) is 15.2 Å². The number of H-pyrrole nitrogens is 1. The van der Waals surface area contributed by atoms with Crippen LogP contribution in [0.3, 0.4) is 0 Å². The van der Waals surface area contributed by atoms with Crippen molar-refractivity contribution < 1.29 is 5.11 Å². The highest BCUT2D eigenvalue weighted by Gasteiger charge is 2.06. The van der Waals surface area contributed by atoms with Crippen molar-refractivity contribution in [3.63, 3.8) is 0 Å². The molecule has 2 heterocycles. The van der Waals surface area contributed by atoms with Crippen LogP contribution in [0.1, 0.15) is 5.69 Å². The maximum absolute atomic E-state index is 9.98. The molecule has 0 atom stereocenters. The molecule has 0 saturated carbocycles. The van der Waals surface area contributed by atoms with E-state index in [1.807, 2.05) is 45.1 Å². The maximum Gasteiger partial charge on any atom is 0.220 e. The Morgan fingerprint density at radius 3 is 2.79 bits per heavy atom. The molecule has 2 aromatic heterocycles. The number of aromatic nitrogens is 3. The van der Waals surface area contributed by atoms with Gasteiger partial charge >= 0.3 is 0 Å². The first kappa shape index (κ1) is 11.6. The molecule has 0 fully saturated rings. The number of anilines is 2. The molecule has 0 aliphatic rings. The lowest BCUT2D eigenvalue weighted by atomic mass is 9.94. The lowest BCUT2D eigenvalue weighted by Gasteiger charge is -2.06. The molecule has 0 bridgehead atoms. The highest BCUT2D eigenvalue weighted by molar-refractivity contribution is 6.33. The fourth-order valence-electron chi connectivity index (χ4n) is 2.02. The minimum atomic E-state index is 0.0240. The second-order valence-electron chi connectivity index (χ2n) is 4.62. The zero-order valence-corrected chi connectivity index (χ0v) is 10.7. The summed E-state index contributed by atoms with van der Waals surface area (Å²) in [5.41, 5.74) is 2.05. The van der Waals surface area contributed by atoms with Gasteiger partial charge < -0.3 is 10.4 Å². The van der Waals surface area contributed by atoms with Gasteiger partial charge in [-0.2, -0.15) is 10.1 Å². The Balaban J connectivity index is 2.03. The van der Waals surface area contributed by atoms with Gasteiger partial charge in [0, 0.05) is 17.1 Å². The quantitative estimate of drug-likeness (QED) is 0.594. The van der Waals surface area contributed by atoms with Gasteiger partial charge in [0.15, 0.2) is 5.82 Å². The minimum Gasteiger partial charge on any atom is -0.493 e. The number of rotatable bonds is 2. The van der Waals surface area contributed by atoms with Crippen LogP contribution in [-0.2, 0) is 0 Å². The molecule has 0 aliphatic carbocycles. The summed E-state index contributed by atoms with van der Waals surface area (Å²) < 4.78 is 0. The van der Waals surface area contributed by atoms with Gasteiger partial charge in [-0.05, 0) is 18.4 Å². The van der Waals surface area contributed by atoms with Gasteiger partial charge in [-0.3, -0.25) is 5.10 Å². The second kappa shape index (κ2) is 4.31. The third-order valence-corrected chi connectivity index (χ3v) is 2.93. The van der Waals surface area contributed by atoms with E-state index >= 15 is 0 Å². The van der Waals surface area contributed by atoms with Crippen molar-refractivity contribution >= 4 is 35.7 Å². The smallest absolute Gasteiger partial charge is 0.220 e. The number of hydrogen-bond acceptors (Lipinski definition) is 4. The Bertz CT molecular complexity index is 753. The minimum absolute atomic E-state index is 0.0240. The van der Waals surface area contributed by atoms with E-state index in [9.17, 15) is 5.11 Å². The topological polar surface area (TPSA) is 73.8 Å². The number of nitrogens with one attached hydrogen (secondary N) is 2. The Hall–Kier alpha value is -2.50. The summed E-state index contributed by atoms with van der Waals surface area (Å²) in [5.74, 6) is 1.27. The van der Waals surface area contributed by atoms with Gasteiger partial charge in [-0.25, -0.2) is 0 Å². The summed E-state index contributed by atoms with van der Waals surface area (Å²) in [7, 11) is 1.98. The maximum atomic E-state index is 9.98. The van der Waals surface area contributed by atoms with Crippen molar-refractivity contribution in [1.29, 1.82) is 0 Å². The molecule has 3 N–H and O–H groups in total. The van der Waals surface area contributed by atoms with Crippen LogP contribution in [0.5, 0.6) is 5.88 Å². The summed E-state index contributed by atoms with van der Waals surface area (Å²) >= 11 is 0. The van der Waals surface area contributed by atoms with Crippen molar-refractivity contribution in [2.75, 3.05) is 5.32 Å². The molecule has 94 valence electrons. The van der Waals surface area contributed by atoms with E-state index in [0.29, 0.717) is 11.6 Å². The van der Waals surface area contributed by atoms with E-state index in [1.54, 1.807) is 0 Å². The first-order valence-corrected chi connectivity index (χ1v) is 6.01. The van der Waals surface area contributed by atoms with Crippen LogP contribution in [0.15, 0.2) is 30.3 Å². The summed E-state index contributed by atoms with van der Waals surface area (Å²) in [4.78, 5) is 4.14. The molecule has 3 rings (SSSR count). The third-order valence-electron chi connectivity index (χ3n) is 2.93. The number of benzene rings is 1. The number of hydrogen-bond donors (Lipinski definition) is 3. The first-order valence-electron chi connectivity index (χ1n) is 6.01. The van der Waals surface area contributed by atoms with E-state index < -0.39 is 0 Å². The van der Waals surface area contributed by atoms with Crippen LogP contribution in [0.25, 0.3) is 10.8 Å². The monoisotopic (exact) mass is 252 g/mol. The Morgan fingerprint density at radius 1 is 1.21 bits per heavy atom. The average Bonchev–Trinajstić information content (AvgIpc) is 2.76. The van der Waals surface area contributed by atoms with E-state index in [2.05, 4.69) is 20.5 Å². The molecule has 3 aromatic rings. The fourth-order valence-corrected chi connectivity index (χ4v) is 2.02. The van der Waals surface area contributed by atoms with E-state index in [4.69, 9.17) is 0 Å². The fraction of sp³-hybridized carbons (Fsp3) is 0.0769. The van der Waals surface area contributed by atoms with Crippen molar-refractivity contribution in [2.24, 2.45) is 0 Å². The standard InChI is InChI=1S/C13H13BN4O/c1-7-4-12(18-17-7)15-11-5-8-2-3-9(14)6-10(8)13(19)16-11/h2-6H,14H2,1H3,(H3,15,16,17,18,19). The first-order chi connectivity index (χ1) is 9.11. The summed E-state index contributed by atoms with van der Waals surface area (Å²) in [6.45, 7) is 1.92. The van der Waals surface area contributed by atoms with Crippen molar-refractivity contribution in [2.45, 2.75) is 6.92 Å². The summed E-state index contributed by atoms with van der Waals surface area (Å²) in [6, 6.07) is 9.65. The van der Waals surface area contributed by atoms with E-state index in [0.717, 1.165) is 21.9 Å². The third kappa shape index (κ3) is 2.24. The van der Waals surface area contributed by atoms with Crippen LogP contribution < -0.4 is 10.8 Å². The second-order valence-corrected chi connectivity index (χ2v) is 4.62. The summed E-state index contributed by atoms with van der Waals surface area (Å²) in [5, 5.41) is 21.7. The summed E-state index contributed by atoms with van der Waals surface area (Å²) in [6.07, 6.45) is 0. The normalized spacial score (nSPS) is 10.8. The van der Waals surface area contributed by atoms with Crippen molar-refractivity contribution in [3.8, 4) is 5.88 Å². The zero-order chi connectivity index (χ0) is 13.4. The molecule has 0 unspecified atom stereocenters. The highest BCUT2D eigenvalue weighted by atomic mass is 16.3. The zero-order valence-electron chi connectivity index (χ0n) is 10.7.